The van der Waals surface area contributed by atoms with Crippen molar-refractivity contribution in [2.75, 3.05) is 14.2 Å². The lowest BCUT2D eigenvalue weighted by atomic mass is 10.0. The van der Waals surface area contributed by atoms with Gasteiger partial charge in [0.25, 0.3) is 0 Å². The zero-order chi connectivity index (χ0) is 12.3. The number of thiol groups is 1. The molecule has 0 saturated carbocycles. The fourth-order valence-corrected chi connectivity index (χ4v) is 1.96. The van der Waals surface area contributed by atoms with Gasteiger partial charge in [-0.15, -0.1) is 12.6 Å². The third-order valence-electron chi connectivity index (χ3n) is 2.60. The van der Waals surface area contributed by atoms with E-state index in [2.05, 4.69) is 12.6 Å². The maximum atomic E-state index is 5.34. The summed E-state index contributed by atoms with van der Waals surface area (Å²) in [5.41, 5.74) is 2.10. The number of para-hydroxylation sites is 1. The van der Waals surface area contributed by atoms with E-state index in [-0.39, 0.29) is 0 Å². The Morgan fingerprint density at radius 3 is 2.29 bits per heavy atom. The Balaban J connectivity index is 2.53. The van der Waals surface area contributed by atoms with Gasteiger partial charge in [0, 0.05) is 10.5 Å². The second-order valence-electron chi connectivity index (χ2n) is 3.59. The normalized spacial score (nSPS) is 10.1. The van der Waals surface area contributed by atoms with Crippen LogP contribution in [0.3, 0.4) is 0 Å². The molecule has 2 aromatic rings. The van der Waals surface area contributed by atoms with Crippen LogP contribution in [0.4, 0.5) is 0 Å². The van der Waals surface area contributed by atoms with Crippen LogP contribution in [0, 0.1) is 0 Å². The van der Waals surface area contributed by atoms with Gasteiger partial charge in [-0.1, -0.05) is 24.3 Å². The first kappa shape index (κ1) is 11.9. The van der Waals surface area contributed by atoms with E-state index in [1.165, 1.54) is 0 Å². The Kier molecular flexibility index (Phi) is 3.59. The third-order valence-corrected chi connectivity index (χ3v) is 2.97. The van der Waals surface area contributed by atoms with Crippen LogP contribution in [-0.4, -0.2) is 14.2 Å². The Bertz CT molecular complexity index is 523. The topological polar surface area (TPSA) is 18.5 Å². The second-order valence-corrected chi connectivity index (χ2v) is 4.07. The highest BCUT2D eigenvalue weighted by molar-refractivity contribution is 7.80. The molecule has 0 heterocycles. The molecule has 0 saturated heterocycles. The first-order chi connectivity index (χ1) is 8.26. The van der Waals surface area contributed by atoms with Gasteiger partial charge >= 0.3 is 0 Å². The first-order valence-electron chi connectivity index (χ1n) is 5.26. The van der Waals surface area contributed by atoms with Crippen LogP contribution < -0.4 is 9.47 Å². The van der Waals surface area contributed by atoms with Crippen LogP contribution in [0.5, 0.6) is 11.5 Å². The van der Waals surface area contributed by atoms with Crippen LogP contribution in [0.1, 0.15) is 0 Å². The highest BCUT2D eigenvalue weighted by Gasteiger charge is 2.07. The zero-order valence-electron chi connectivity index (χ0n) is 9.81. The summed E-state index contributed by atoms with van der Waals surface area (Å²) in [5.74, 6) is 1.61. The van der Waals surface area contributed by atoms with E-state index in [9.17, 15) is 0 Å². The summed E-state index contributed by atoms with van der Waals surface area (Å²) in [4.78, 5) is 0.825. The van der Waals surface area contributed by atoms with E-state index >= 15 is 0 Å². The van der Waals surface area contributed by atoms with Gasteiger partial charge in [0.1, 0.15) is 11.5 Å². The number of hydrogen-bond acceptors (Lipinski definition) is 3. The standard InChI is InChI=1S/C14H14O2S/c1-15-12-6-4-3-5-11(12)10-7-8-14(17)13(9-10)16-2/h3-9,17H,1-2H3. The molecule has 88 valence electrons. The van der Waals surface area contributed by atoms with Crippen LogP contribution in [-0.2, 0) is 0 Å². The van der Waals surface area contributed by atoms with Crippen LogP contribution in [0.25, 0.3) is 11.1 Å². The third kappa shape index (κ3) is 2.39. The second kappa shape index (κ2) is 5.15. The molecule has 0 atom stereocenters. The minimum atomic E-state index is 0.761. The lowest BCUT2D eigenvalue weighted by molar-refractivity contribution is 0.405. The molecule has 17 heavy (non-hydrogen) atoms. The van der Waals surface area contributed by atoms with E-state index in [1.54, 1.807) is 14.2 Å². The Hall–Kier alpha value is -1.61. The Morgan fingerprint density at radius 2 is 1.59 bits per heavy atom. The van der Waals surface area contributed by atoms with Gasteiger partial charge in [-0.05, 0) is 23.8 Å². The predicted octanol–water partition coefficient (Wildman–Crippen LogP) is 3.66. The van der Waals surface area contributed by atoms with Crippen molar-refractivity contribution in [3.8, 4) is 22.6 Å². The van der Waals surface area contributed by atoms with E-state index < -0.39 is 0 Å². The predicted molar refractivity (Wildman–Crippen MR) is 72.2 cm³/mol. The number of benzene rings is 2. The molecule has 0 radical (unpaired) electrons. The van der Waals surface area contributed by atoms with Crippen LogP contribution >= 0.6 is 12.6 Å². The van der Waals surface area contributed by atoms with Crippen molar-refractivity contribution < 1.29 is 9.47 Å². The Morgan fingerprint density at radius 1 is 0.882 bits per heavy atom. The van der Waals surface area contributed by atoms with Crippen molar-refractivity contribution in [3.63, 3.8) is 0 Å². The quantitative estimate of drug-likeness (QED) is 0.833. The lowest BCUT2D eigenvalue weighted by Crippen LogP contribution is -1.89. The van der Waals surface area contributed by atoms with Crippen molar-refractivity contribution in [1.29, 1.82) is 0 Å². The molecular formula is C14H14O2S. The molecule has 0 spiro atoms. The molecule has 0 aromatic heterocycles. The summed E-state index contributed by atoms with van der Waals surface area (Å²) in [5, 5.41) is 0. The molecule has 3 heteroatoms. The van der Waals surface area contributed by atoms with Crippen molar-refractivity contribution in [2.45, 2.75) is 4.90 Å². The number of methoxy groups -OCH3 is 2. The average molecular weight is 246 g/mol. The molecular weight excluding hydrogens is 232 g/mol. The number of hydrogen-bond donors (Lipinski definition) is 1. The molecule has 0 aliphatic carbocycles. The van der Waals surface area contributed by atoms with Gasteiger partial charge in [0.2, 0.25) is 0 Å². The molecule has 0 aliphatic rings. The van der Waals surface area contributed by atoms with Crippen molar-refractivity contribution in [2.24, 2.45) is 0 Å². The van der Waals surface area contributed by atoms with Crippen LogP contribution in [0.2, 0.25) is 0 Å². The molecule has 2 rings (SSSR count). The number of ether oxygens (including phenoxy) is 2. The van der Waals surface area contributed by atoms with Gasteiger partial charge in [-0.2, -0.15) is 0 Å². The van der Waals surface area contributed by atoms with Crippen molar-refractivity contribution in [3.05, 3.63) is 42.5 Å². The summed E-state index contributed by atoms with van der Waals surface area (Å²) in [7, 11) is 3.31. The molecule has 0 fully saturated rings. The maximum Gasteiger partial charge on any atom is 0.132 e. The molecule has 2 aromatic carbocycles. The maximum absolute atomic E-state index is 5.34. The summed E-state index contributed by atoms with van der Waals surface area (Å²) in [6.07, 6.45) is 0. The van der Waals surface area contributed by atoms with E-state index in [0.717, 1.165) is 27.5 Å². The fraction of sp³-hybridized carbons (Fsp3) is 0.143. The highest BCUT2D eigenvalue weighted by atomic mass is 32.1. The van der Waals surface area contributed by atoms with Gasteiger partial charge in [0.05, 0.1) is 14.2 Å². The number of rotatable bonds is 3. The summed E-state index contributed by atoms with van der Waals surface area (Å²) in [6, 6.07) is 13.8. The first-order valence-corrected chi connectivity index (χ1v) is 5.71. The minimum Gasteiger partial charge on any atom is -0.496 e. The average Bonchev–Trinajstić information content (AvgIpc) is 2.39. The van der Waals surface area contributed by atoms with Crippen molar-refractivity contribution in [1.82, 2.24) is 0 Å². The molecule has 0 amide bonds. The molecule has 0 N–H and O–H groups in total. The summed E-state index contributed by atoms with van der Waals surface area (Å²) >= 11 is 4.33. The molecule has 0 aliphatic heterocycles. The summed E-state index contributed by atoms with van der Waals surface area (Å²) in [6.45, 7) is 0. The highest BCUT2D eigenvalue weighted by Crippen LogP contribution is 2.34. The van der Waals surface area contributed by atoms with E-state index in [0.29, 0.717) is 0 Å². The van der Waals surface area contributed by atoms with Crippen molar-refractivity contribution >= 4 is 12.6 Å². The molecule has 0 bridgehead atoms. The van der Waals surface area contributed by atoms with Gasteiger partial charge in [-0.25, -0.2) is 0 Å². The molecule has 2 nitrogen and oxygen atoms in total. The Labute approximate surface area is 107 Å². The molecule has 0 unspecified atom stereocenters. The minimum absolute atomic E-state index is 0.761. The van der Waals surface area contributed by atoms with Gasteiger partial charge < -0.3 is 9.47 Å². The van der Waals surface area contributed by atoms with Gasteiger partial charge in [-0.3, -0.25) is 0 Å². The SMILES string of the molecule is COc1cc(-c2ccccc2OC)ccc1S. The largest absolute Gasteiger partial charge is 0.496 e. The van der Waals surface area contributed by atoms with E-state index in [1.807, 2.05) is 42.5 Å². The van der Waals surface area contributed by atoms with E-state index in [4.69, 9.17) is 9.47 Å². The smallest absolute Gasteiger partial charge is 0.132 e. The lowest BCUT2D eigenvalue weighted by Gasteiger charge is -2.10. The fourth-order valence-electron chi connectivity index (χ4n) is 1.73. The zero-order valence-corrected chi connectivity index (χ0v) is 10.7. The van der Waals surface area contributed by atoms with Crippen LogP contribution in [0.15, 0.2) is 47.4 Å². The summed E-state index contributed by atoms with van der Waals surface area (Å²) < 4.78 is 10.6. The van der Waals surface area contributed by atoms with Gasteiger partial charge in [0.15, 0.2) is 0 Å². The monoisotopic (exact) mass is 246 g/mol.